The minimum absolute atomic E-state index is 0.0361. The molecule has 15 heavy (non-hydrogen) atoms. The van der Waals surface area contributed by atoms with Crippen LogP contribution >= 0.6 is 0 Å². The fourth-order valence-corrected chi connectivity index (χ4v) is 1.12. The number of hydrogen-bond donors (Lipinski definition) is 3. The molecule has 3 N–H and O–H groups in total. The van der Waals surface area contributed by atoms with Gasteiger partial charge in [0.2, 0.25) is 0 Å². The van der Waals surface area contributed by atoms with Crippen molar-refractivity contribution in [3.05, 3.63) is 17.5 Å². The lowest BCUT2D eigenvalue weighted by molar-refractivity contribution is 0.0911. The zero-order valence-electron chi connectivity index (χ0n) is 9.24. The summed E-state index contributed by atoms with van der Waals surface area (Å²) < 4.78 is 0. The Morgan fingerprint density at radius 3 is 2.80 bits per heavy atom. The molecule has 5 nitrogen and oxygen atoms in total. The molecule has 0 saturated carbocycles. The molecule has 0 radical (unpaired) electrons. The molecular weight excluding hydrogens is 194 g/mol. The number of aromatic nitrogens is 2. The summed E-state index contributed by atoms with van der Waals surface area (Å²) in [6, 6.07) is 1.62. The molecule has 0 aliphatic rings. The predicted octanol–water partition coefficient (Wildman–Crippen LogP) is 0.465. The Kier molecular flexibility index (Phi) is 3.85. The highest BCUT2D eigenvalue weighted by molar-refractivity contribution is 5.92. The van der Waals surface area contributed by atoms with Gasteiger partial charge >= 0.3 is 0 Å². The van der Waals surface area contributed by atoms with E-state index in [-0.39, 0.29) is 24.5 Å². The Morgan fingerprint density at radius 2 is 2.33 bits per heavy atom. The standard InChI is InChI=1S/C10H17N3O2/c1-6(5-14)8(3)11-10(15)9-4-7(2)12-13-9/h4,6,8,14H,5H2,1-3H3,(H,11,15)(H,12,13). The number of H-pyrrole nitrogens is 1. The average molecular weight is 211 g/mol. The molecule has 1 rings (SSSR count). The number of aryl methyl sites for hydroxylation is 1. The zero-order valence-corrected chi connectivity index (χ0v) is 9.24. The number of amides is 1. The zero-order chi connectivity index (χ0) is 11.4. The maximum absolute atomic E-state index is 11.6. The van der Waals surface area contributed by atoms with E-state index in [0.717, 1.165) is 5.69 Å². The second kappa shape index (κ2) is 4.93. The van der Waals surface area contributed by atoms with Gasteiger partial charge in [-0.15, -0.1) is 0 Å². The van der Waals surface area contributed by atoms with Crippen molar-refractivity contribution in [3.63, 3.8) is 0 Å². The molecule has 0 aliphatic heterocycles. The fourth-order valence-electron chi connectivity index (χ4n) is 1.12. The van der Waals surface area contributed by atoms with Crippen molar-refractivity contribution >= 4 is 5.91 Å². The summed E-state index contributed by atoms with van der Waals surface area (Å²) >= 11 is 0. The summed E-state index contributed by atoms with van der Waals surface area (Å²) in [4.78, 5) is 11.6. The molecule has 1 amide bonds. The van der Waals surface area contributed by atoms with Gasteiger partial charge in [0.05, 0.1) is 0 Å². The van der Waals surface area contributed by atoms with Crippen LogP contribution in [0.5, 0.6) is 0 Å². The SMILES string of the molecule is Cc1cc(C(=O)NC(C)C(C)CO)n[nH]1. The highest BCUT2D eigenvalue weighted by Crippen LogP contribution is 2.03. The van der Waals surface area contributed by atoms with Crippen LogP contribution in [0.1, 0.15) is 30.0 Å². The van der Waals surface area contributed by atoms with Crippen molar-refractivity contribution in [3.8, 4) is 0 Å². The van der Waals surface area contributed by atoms with Gasteiger partial charge in [0.15, 0.2) is 0 Å². The molecule has 0 spiro atoms. The summed E-state index contributed by atoms with van der Waals surface area (Å²) in [5.74, 6) is -0.180. The summed E-state index contributed by atoms with van der Waals surface area (Å²) in [7, 11) is 0. The van der Waals surface area contributed by atoms with E-state index in [1.54, 1.807) is 6.07 Å². The molecule has 1 aromatic heterocycles. The van der Waals surface area contributed by atoms with Crippen molar-refractivity contribution in [2.45, 2.75) is 26.8 Å². The molecule has 0 aromatic carbocycles. The fraction of sp³-hybridized carbons (Fsp3) is 0.600. The van der Waals surface area contributed by atoms with Gasteiger partial charge in [0.25, 0.3) is 5.91 Å². The number of aliphatic hydroxyl groups is 1. The number of aromatic amines is 1. The molecule has 0 saturated heterocycles. The smallest absolute Gasteiger partial charge is 0.271 e. The third-order valence-electron chi connectivity index (χ3n) is 2.44. The monoisotopic (exact) mass is 211 g/mol. The number of aliphatic hydroxyl groups excluding tert-OH is 1. The van der Waals surface area contributed by atoms with Crippen LogP contribution in [-0.2, 0) is 0 Å². The van der Waals surface area contributed by atoms with Crippen LogP contribution in [0.15, 0.2) is 6.07 Å². The minimum atomic E-state index is -0.216. The minimum Gasteiger partial charge on any atom is -0.396 e. The maximum Gasteiger partial charge on any atom is 0.271 e. The number of hydrogen-bond acceptors (Lipinski definition) is 3. The molecule has 2 atom stereocenters. The quantitative estimate of drug-likeness (QED) is 0.677. The van der Waals surface area contributed by atoms with Crippen LogP contribution in [0.3, 0.4) is 0 Å². The lowest BCUT2D eigenvalue weighted by atomic mass is 10.1. The molecular formula is C10H17N3O2. The third-order valence-corrected chi connectivity index (χ3v) is 2.44. The third kappa shape index (κ3) is 3.06. The van der Waals surface area contributed by atoms with Crippen molar-refractivity contribution < 1.29 is 9.90 Å². The van der Waals surface area contributed by atoms with Gasteiger partial charge in [0, 0.05) is 18.3 Å². The normalized spacial score (nSPS) is 14.7. The Morgan fingerprint density at radius 1 is 1.67 bits per heavy atom. The molecule has 1 aromatic rings. The number of carbonyl (C=O) groups is 1. The van der Waals surface area contributed by atoms with E-state index >= 15 is 0 Å². The van der Waals surface area contributed by atoms with Crippen molar-refractivity contribution in [1.82, 2.24) is 15.5 Å². The van der Waals surface area contributed by atoms with Crippen LogP contribution in [0.2, 0.25) is 0 Å². The second-order valence-electron chi connectivity index (χ2n) is 3.86. The van der Waals surface area contributed by atoms with E-state index in [1.807, 2.05) is 20.8 Å². The molecule has 84 valence electrons. The highest BCUT2D eigenvalue weighted by Gasteiger charge is 2.16. The van der Waals surface area contributed by atoms with Gasteiger partial charge in [-0.1, -0.05) is 6.92 Å². The van der Waals surface area contributed by atoms with Gasteiger partial charge in [-0.3, -0.25) is 9.89 Å². The Bertz CT molecular complexity index is 335. The van der Waals surface area contributed by atoms with Gasteiger partial charge in [-0.05, 0) is 25.8 Å². The molecule has 0 bridgehead atoms. The first-order valence-electron chi connectivity index (χ1n) is 4.98. The van der Waals surface area contributed by atoms with Crippen LogP contribution < -0.4 is 5.32 Å². The largest absolute Gasteiger partial charge is 0.396 e. The number of nitrogens with zero attached hydrogens (tertiary/aromatic N) is 1. The number of carbonyl (C=O) groups excluding carboxylic acids is 1. The van der Waals surface area contributed by atoms with Crippen molar-refractivity contribution in [2.75, 3.05) is 6.61 Å². The molecule has 0 aliphatic carbocycles. The summed E-state index contributed by atoms with van der Waals surface area (Å²) in [5, 5.41) is 18.3. The first-order valence-corrected chi connectivity index (χ1v) is 4.98. The van der Waals surface area contributed by atoms with Gasteiger partial charge in [0.1, 0.15) is 5.69 Å². The molecule has 1 heterocycles. The topological polar surface area (TPSA) is 78.0 Å². The number of rotatable bonds is 4. The van der Waals surface area contributed by atoms with E-state index in [4.69, 9.17) is 5.11 Å². The molecule has 5 heteroatoms. The summed E-state index contributed by atoms with van der Waals surface area (Å²) in [6.45, 7) is 5.63. The van der Waals surface area contributed by atoms with E-state index in [9.17, 15) is 4.79 Å². The lowest BCUT2D eigenvalue weighted by Crippen LogP contribution is -2.38. The lowest BCUT2D eigenvalue weighted by Gasteiger charge is -2.18. The van der Waals surface area contributed by atoms with Crippen molar-refractivity contribution in [2.24, 2.45) is 5.92 Å². The van der Waals surface area contributed by atoms with Crippen LogP contribution in [0, 0.1) is 12.8 Å². The van der Waals surface area contributed by atoms with Gasteiger partial charge < -0.3 is 10.4 Å². The molecule has 2 unspecified atom stereocenters. The second-order valence-corrected chi connectivity index (χ2v) is 3.86. The highest BCUT2D eigenvalue weighted by atomic mass is 16.3. The maximum atomic E-state index is 11.6. The Labute approximate surface area is 88.9 Å². The van der Waals surface area contributed by atoms with Crippen LogP contribution in [-0.4, -0.2) is 33.9 Å². The summed E-state index contributed by atoms with van der Waals surface area (Å²) in [6.07, 6.45) is 0. The van der Waals surface area contributed by atoms with E-state index in [2.05, 4.69) is 15.5 Å². The van der Waals surface area contributed by atoms with E-state index < -0.39 is 0 Å². The summed E-state index contributed by atoms with van der Waals surface area (Å²) in [5.41, 5.74) is 1.23. The first kappa shape index (κ1) is 11.7. The Hall–Kier alpha value is -1.36. The first-order chi connectivity index (χ1) is 7.04. The Balaban J connectivity index is 2.56. The average Bonchev–Trinajstić information content (AvgIpc) is 2.63. The van der Waals surface area contributed by atoms with E-state index in [0.29, 0.717) is 5.69 Å². The number of nitrogens with one attached hydrogen (secondary N) is 2. The van der Waals surface area contributed by atoms with E-state index in [1.165, 1.54) is 0 Å². The van der Waals surface area contributed by atoms with Crippen LogP contribution in [0.4, 0.5) is 0 Å². The van der Waals surface area contributed by atoms with Crippen molar-refractivity contribution in [1.29, 1.82) is 0 Å². The van der Waals surface area contributed by atoms with Gasteiger partial charge in [-0.25, -0.2) is 0 Å². The molecule has 0 fully saturated rings. The van der Waals surface area contributed by atoms with Crippen LogP contribution in [0.25, 0.3) is 0 Å². The van der Waals surface area contributed by atoms with Gasteiger partial charge in [-0.2, -0.15) is 5.10 Å². The predicted molar refractivity (Wildman–Crippen MR) is 56.5 cm³/mol.